The van der Waals surface area contributed by atoms with Gasteiger partial charge in [0, 0.05) is 0 Å². The Morgan fingerprint density at radius 2 is 1.79 bits per heavy atom. The minimum atomic E-state index is -2.31. The number of hydrogen-bond acceptors (Lipinski definition) is 4. The van der Waals surface area contributed by atoms with Crippen molar-refractivity contribution < 1.29 is 22.8 Å². The Hall–Kier alpha value is -1.11. The van der Waals surface area contributed by atoms with E-state index in [9.17, 15) is 4.21 Å². The van der Waals surface area contributed by atoms with E-state index in [2.05, 4.69) is 4.18 Å². The molecule has 0 spiro atoms. The van der Waals surface area contributed by atoms with Crippen molar-refractivity contribution in [3.05, 3.63) is 24.3 Å². The summed E-state index contributed by atoms with van der Waals surface area (Å²) in [6.45, 7) is 0.158. The maximum Gasteiger partial charge on any atom is 0.357 e. The molecule has 1 unspecified atom stereocenters. The molecule has 1 aromatic rings. The van der Waals surface area contributed by atoms with Gasteiger partial charge in [-0.15, -0.1) is 0 Å². The Bertz CT molecular complexity index is 297. The molecule has 0 heterocycles. The molecule has 0 radical (unpaired) electrons. The Morgan fingerprint density at radius 3 is 2.29 bits per heavy atom. The first-order valence-corrected chi connectivity index (χ1v) is 4.88. The maximum atomic E-state index is 10.3. The fraction of sp³-hybridized carbons (Fsp3) is 0.250. The van der Waals surface area contributed by atoms with Crippen molar-refractivity contribution >= 4 is 11.4 Å². The lowest BCUT2D eigenvalue weighted by atomic mass is 10.3. The van der Waals surface area contributed by atoms with E-state index in [0.717, 1.165) is 0 Å². The summed E-state index contributed by atoms with van der Waals surface area (Å²) in [7, 11) is 0. The van der Waals surface area contributed by atoms with Crippen LogP contribution in [-0.4, -0.2) is 27.1 Å². The van der Waals surface area contributed by atoms with E-state index in [0.29, 0.717) is 5.75 Å². The van der Waals surface area contributed by atoms with E-state index in [4.69, 9.17) is 14.4 Å². The minimum absolute atomic E-state index is 0.0566. The Kier molecular flexibility index (Phi) is 4.37. The molecular formula is C8H10O5S. The van der Waals surface area contributed by atoms with E-state index in [1.54, 1.807) is 12.1 Å². The van der Waals surface area contributed by atoms with Gasteiger partial charge in [0.1, 0.15) is 18.1 Å². The predicted molar refractivity (Wildman–Crippen MR) is 50.4 cm³/mol. The van der Waals surface area contributed by atoms with E-state index in [1.165, 1.54) is 12.1 Å². The lowest BCUT2D eigenvalue weighted by Gasteiger charge is -2.04. The first-order chi connectivity index (χ1) is 6.72. The smallest absolute Gasteiger partial charge is 0.357 e. The second-order valence-electron chi connectivity index (χ2n) is 2.34. The zero-order chi connectivity index (χ0) is 10.4. The lowest BCUT2D eigenvalue weighted by Crippen LogP contribution is -2.01. The second-order valence-corrected chi connectivity index (χ2v) is 2.94. The molecule has 1 aromatic carbocycles. The quantitative estimate of drug-likeness (QED) is 0.707. The minimum Gasteiger partial charge on any atom is -0.491 e. The third kappa shape index (κ3) is 3.73. The molecule has 0 aromatic heterocycles. The van der Waals surface area contributed by atoms with Gasteiger partial charge in [-0.05, 0) is 24.3 Å². The number of ether oxygens (including phenoxy) is 1. The van der Waals surface area contributed by atoms with Crippen LogP contribution in [-0.2, 0) is 11.4 Å². The third-order valence-corrected chi connectivity index (χ3v) is 1.69. The van der Waals surface area contributed by atoms with Crippen molar-refractivity contribution in [1.82, 2.24) is 0 Å². The van der Waals surface area contributed by atoms with Crippen molar-refractivity contribution in [3.8, 4) is 11.5 Å². The van der Waals surface area contributed by atoms with E-state index in [-0.39, 0.29) is 19.0 Å². The highest BCUT2D eigenvalue weighted by Crippen LogP contribution is 2.17. The molecule has 0 saturated carbocycles. The summed E-state index contributed by atoms with van der Waals surface area (Å²) in [5, 5.41) is 8.48. The molecule has 0 amide bonds. The number of benzene rings is 1. The van der Waals surface area contributed by atoms with Crippen molar-refractivity contribution in [2.45, 2.75) is 0 Å². The Balaban J connectivity index is 2.54. The zero-order valence-electron chi connectivity index (χ0n) is 7.25. The van der Waals surface area contributed by atoms with Crippen LogP contribution in [0.1, 0.15) is 0 Å². The first-order valence-electron chi connectivity index (χ1n) is 3.85. The number of aliphatic hydroxyl groups excluding tert-OH is 1. The largest absolute Gasteiger partial charge is 0.491 e. The molecule has 0 aliphatic carbocycles. The molecule has 1 atom stereocenters. The molecule has 14 heavy (non-hydrogen) atoms. The lowest BCUT2D eigenvalue weighted by molar-refractivity contribution is 0.201. The van der Waals surface area contributed by atoms with Gasteiger partial charge in [-0.2, -0.15) is 4.21 Å². The van der Waals surface area contributed by atoms with Crippen LogP contribution in [0.5, 0.6) is 11.5 Å². The van der Waals surface area contributed by atoms with Gasteiger partial charge in [0.2, 0.25) is 0 Å². The fourth-order valence-corrected chi connectivity index (χ4v) is 1.11. The van der Waals surface area contributed by atoms with Crippen LogP contribution in [0.15, 0.2) is 24.3 Å². The van der Waals surface area contributed by atoms with Gasteiger partial charge in [-0.3, -0.25) is 4.55 Å². The molecule has 78 valence electrons. The van der Waals surface area contributed by atoms with Crippen molar-refractivity contribution in [3.63, 3.8) is 0 Å². The van der Waals surface area contributed by atoms with Gasteiger partial charge in [-0.1, -0.05) is 0 Å². The van der Waals surface area contributed by atoms with Gasteiger partial charge >= 0.3 is 11.4 Å². The summed E-state index contributed by atoms with van der Waals surface area (Å²) in [5.41, 5.74) is 0. The maximum absolute atomic E-state index is 10.3. The van der Waals surface area contributed by atoms with Crippen LogP contribution < -0.4 is 8.92 Å². The third-order valence-electron chi connectivity index (χ3n) is 1.35. The van der Waals surface area contributed by atoms with Gasteiger partial charge in [0.05, 0.1) is 6.61 Å². The van der Waals surface area contributed by atoms with Crippen LogP contribution in [0.2, 0.25) is 0 Å². The van der Waals surface area contributed by atoms with Gasteiger partial charge in [-0.25, -0.2) is 0 Å². The van der Waals surface area contributed by atoms with Crippen LogP contribution in [0, 0.1) is 0 Å². The highest BCUT2D eigenvalue weighted by molar-refractivity contribution is 7.74. The van der Waals surface area contributed by atoms with Crippen molar-refractivity contribution in [2.24, 2.45) is 0 Å². The summed E-state index contributed by atoms with van der Waals surface area (Å²) in [4.78, 5) is 0. The first kappa shape index (κ1) is 11.0. The fourth-order valence-electron chi connectivity index (χ4n) is 0.837. The van der Waals surface area contributed by atoms with E-state index < -0.39 is 11.4 Å². The topological polar surface area (TPSA) is 76.0 Å². The van der Waals surface area contributed by atoms with Gasteiger partial charge in [0.25, 0.3) is 0 Å². The standard InChI is InChI=1S/C8H10O5S/c9-5-6-12-7-1-3-8(4-2-7)13-14(10)11/h1-4,9H,5-6H2,(H,10,11). The number of hydrogen-bond donors (Lipinski definition) is 2. The highest BCUT2D eigenvalue weighted by Gasteiger charge is 1.98. The van der Waals surface area contributed by atoms with Crippen molar-refractivity contribution in [1.29, 1.82) is 0 Å². The molecule has 0 fully saturated rings. The molecule has 0 aliphatic heterocycles. The van der Waals surface area contributed by atoms with E-state index >= 15 is 0 Å². The molecule has 5 nitrogen and oxygen atoms in total. The monoisotopic (exact) mass is 218 g/mol. The SMILES string of the molecule is O=S(O)Oc1ccc(OCCO)cc1. The molecule has 0 aliphatic rings. The molecule has 6 heteroatoms. The molecule has 0 saturated heterocycles. The van der Waals surface area contributed by atoms with Crippen molar-refractivity contribution in [2.75, 3.05) is 13.2 Å². The summed E-state index contributed by atoms with van der Waals surface area (Å²) in [5.74, 6) is 0.845. The van der Waals surface area contributed by atoms with Crippen LogP contribution in [0.4, 0.5) is 0 Å². The van der Waals surface area contributed by atoms with Crippen LogP contribution >= 0.6 is 0 Å². The van der Waals surface area contributed by atoms with Gasteiger partial charge < -0.3 is 14.0 Å². The van der Waals surface area contributed by atoms with Crippen LogP contribution in [0.25, 0.3) is 0 Å². The highest BCUT2D eigenvalue weighted by atomic mass is 32.2. The molecule has 2 N–H and O–H groups in total. The number of rotatable bonds is 5. The normalized spacial score (nSPS) is 12.1. The van der Waals surface area contributed by atoms with E-state index in [1.807, 2.05) is 0 Å². The predicted octanol–water partition coefficient (Wildman–Crippen LogP) is 0.573. The van der Waals surface area contributed by atoms with Crippen LogP contribution in [0.3, 0.4) is 0 Å². The summed E-state index contributed by atoms with van der Waals surface area (Å²) >= 11 is -2.31. The summed E-state index contributed by atoms with van der Waals surface area (Å²) in [6, 6.07) is 6.16. The second kappa shape index (κ2) is 5.58. The average molecular weight is 218 g/mol. The average Bonchev–Trinajstić information content (AvgIpc) is 2.16. The summed E-state index contributed by atoms with van der Waals surface area (Å²) in [6.07, 6.45) is 0. The summed E-state index contributed by atoms with van der Waals surface area (Å²) < 4.78 is 28.2. The molecule has 0 bridgehead atoms. The zero-order valence-corrected chi connectivity index (χ0v) is 8.07. The molecule has 1 rings (SSSR count). The number of aliphatic hydroxyl groups is 1. The van der Waals surface area contributed by atoms with Gasteiger partial charge in [0.15, 0.2) is 0 Å². The molecular weight excluding hydrogens is 208 g/mol. The Labute approximate surface area is 83.8 Å². The Morgan fingerprint density at radius 1 is 1.21 bits per heavy atom.